The number of hydrogen-bond acceptors (Lipinski definition) is 4. The second-order valence-electron chi connectivity index (χ2n) is 3.67. The number of ether oxygens (including phenoxy) is 2. The van der Waals surface area contributed by atoms with E-state index in [4.69, 9.17) is 15.0 Å². The Morgan fingerprint density at radius 3 is 2.74 bits per heavy atom. The molecule has 1 rings (SSSR count). The zero-order chi connectivity index (χ0) is 14.1. The van der Waals surface area contributed by atoms with Gasteiger partial charge >= 0.3 is 0 Å². The van der Waals surface area contributed by atoms with Gasteiger partial charge in [-0.15, -0.1) is 0 Å². The molecule has 7 heteroatoms. The minimum absolute atomic E-state index is 0.139. The molecule has 0 aliphatic heterocycles. The van der Waals surface area contributed by atoms with Gasteiger partial charge in [0.05, 0.1) is 20.6 Å². The largest absolute Gasteiger partial charge is 0.493 e. The molecule has 0 saturated heterocycles. The number of azide groups is 1. The van der Waals surface area contributed by atoms with Gasteiger partial charge in [-0.25, -0.2) is 0 Å². The monoisotopic (exact) mass is 264 g/mol. The third-order valence-electron chi connectivity index (χ3n) is 2.41. The minimum Gasteiger partial charge on any atom is -0.493 e. The molecule has 19 heavy (non-hydrogen) atoms. The van der Waals surface area contributed by atoms with Crippen LogP contribution in [0.5, 0.6) is 11.5 Å². The molecule has 0 aromatic heterocycles. The fraction of sp³-hybridized carbons (Fsp3) is 0.417. The zero-order valence-corrected chi connectivity index (χ0v) is 10.9. The Balaban J connectivity index is 2.56. The third kappa shape index (κ3) is 4.77. The fourth-order valence-electron chi connectivity index (χ4n) is 1.53. The number of carbonyl (C=O) groups excluding carboxylic acids is 1. The smallest absolute Gasteiger partial charge is 0.224 e. The summed E-state index contributed by atoms with van der Waals surface area (Å²) < 4.78 is 10.3. The van der Waals surface area contributed by atoms with Crippen LogP contribution in [0.2, 0.25) is 0 Å². The summed E-state index contributed by atoms with van der Waals surface area (Å²) in [5.74, 6) is 1.07. The molecule has 1 amide bonds. The molecule has 0 saturated carbocycles. The molecule has 0 bridgehead atoms. The van der Waals surface area contributed by atoms with E-state index in [1.165, 1.54) is 0 Å². The van der Waals surface area contributed by atoms with E-state index >= 15 is 0 Å². The van der Waals surface area contributed by atoms with Crippen molar-refractivity contribution in [3.63, 3.8) is 0 Å². The van der Waals surface area contributed by atoms with Crippen molar-refractivity contribution in [2.24, 2.45) is 5.11 Å². The van der Waals surface area contributed by atoms with Crippen molar-refractivity contribution in [2.45, 2.75) is 6.42 Å². The van der Waals surface area contributed by atoms with Crippen LogP contribution in [-0.4, -0.2) is 33.2 Å². The number of carbonyl (C=O) groups is 1. The number of nitrogens with zero attached hydrogens (tertiary/aromatic N) is 3. The molecule has 1 aromatic carbocycles. The van der Waals surface area contributed by atoms with Gasteiger partial charge in [0.1, 0.15) is 0 Å². The SMILES string of the molecule is COc1ccc(CC(=O)NCCN=[N+]=[N-])cc1OC. The van der Waals surface area contributed by atoms with Gasteiger partial charge in [-0.3, -0.25) is 4.79 Å². The fourth-order valence-corrected chi connectivity index (χ4v) is 1.53. The van der Waals surface area contributed by atoms with Crippen LogP contribution in [0.3, 0.4) is 0 Å². The standard InChI is InChI=1S/C12H16N4O3/c1-18-10-4-3-9(7-11(10)19-2)8-12(17)14-5-6-15-16-13/h3-4,7H,5-6,8H2,1-2H3,(H,14,17). The highest BCUT2D eigenvalue weighted by molar-refractivity contribution is 5.78. The van der Waals surface area contributed by atoms with E-state index in [0.717, 1.165) is 5.56 Å². The van der Waals surface area contributed by atoms with Crippen molar-refractivity contribution in [3.8, 4) is 11.5 Å². The quantitative estimate of drug-likeness (QED) is 0.351. The number of nitrogens with one attached hydrogen (secondary N) is 1. The Hall–Kier alpha value is -2.40. The van der Waals surface area contributed by atoms with E-state index in [9.17, 15) is 4.79 Å². The highest BCUT2D eigenvalue weighted by atomic mass is 16.5. The molecule has 0 fully saturated rings. The Kier molecular flexibility index (Phi) is 6.05. The van der Waals surface area contributed by atoms with E-state index in [1.807, 2.05) is 0 Å². The van der Waals surface area contributed by atoms with Crippen LogP contribution >= 0.6 is 0 Å². The van der Waals surface area contributed by atoms with Crippen LogP contribution in [-0.2, 0) is 11.2 Å². The predicted molar refractivity (Wildman–Crippen MR) is 70.3 cm³/mol. The summed E-state index contributed by atoms with van der Waals surface area (Å²) in [6, 6.07) is 5.31. The Morgan fingerprint density at radius 1 is 1.37 bits per heavy atom. The highest BCUT2D eigenvalue weighted by Gasteiger charge is 2.07. The van der Waals surface area contributed by atoms with Gasteiger partial charge < -0.3 is 14.8 Å². The topological polar surface area (TPSA) is 96.3 Å². The number of hydrogen-bond donors (Lipinski definition) is 1. The first-order valence-electron chi connectivity index (χ1n) is 5.69. The van der Waals surface area contributed by atoms with Crippen LogP contribution in [0.15, 0.2) is 23.3 Å². The summed E-state index contributed by atoms with van der Waals surface area (Å²) in [6.07, 6.45) is 0.233. The number of benzene rings is 1. The molecule has 102 valence electrons. The van der Waals surface area contributed by atoms with Crippen molar-refractivity contribution >= 4 is 5.91 Å². The maximum absolute atomic E-state index is 11.6. The van der Waals surface area contributed by atoms with Crippen LogP contribution in [0.25, 0.3) is 10.4 Å². The molecule has 0 spiro atoms. The molecule has 0 unspecified atom stereocenters. The van der Waals surface area contributed by atoms with Crippen LogP contribution in [0.1, 0.15) is 5.56 Å². The maximum Gasteiger partial charge on any atom is 0.224 e. The summed E-state index contributed by atoms with van der Waals surface area (Å²) in [5, 5.41) is 5.99. The van der Waals surface area contributed by atoms with Gasteiger partial charge in [0, 0.05) is 18.0 Å². The van der Waals surface area contributed by atoms with Crippen LogP contribution < -0.4 is 14.8 Å². The average Bonchev–Trinajstić information content (AvgIpc) is 2.43. The summed E-state index contributed by atoms with van der Waals surface area (Å²) in [6.45, 7) is 0.574. The highest BCUT2D eigenvalue weighted by Crippen LogP contribution is 2.27. The lowest BCUT2D eigenvalue weighted by atomic mass is 10.1. The van der Waals surface area contributed by atoms with Crippen LogP contribution in [0.4, 0.5) is 0 Å². The number of rotatable bonds is 7. The summed E-state index contributed by atoms with van der Waals surface area (Å²) in [4.78, 5) is 14.2. The first kappa shape index (κ1) is 14.7. The third-order valence-corrected chi connectivity index (χ3v) is 2.41. The summed E-state index contributed by atoms with van der Waals surface area (Å²) >= 11 is 0. The predicted octanol–water partition coefficient (Wildman–Crippen LogP) is 1.67. The Labute approximate surface area is 111 Å². The molecule has 1 N–H and O–H groups in total. The van der Waals surface area contributed by atoms with Crippen molar-refractivity contribution in [1.82, 2.24) is 5.32 Å². The van der Waals surface area contributed by atoms with Gasteiger partial charge in [0.15, 0.2) is 11.5 Å². The zero-order valence-electron chi connectivity index (χ0n) is 10.9. The second kappa shape index (κ2) is 7.84. The lowest BCUT2D eigenvalue weighted by Gasteiger charge is -2.09. The van der Waals surface area contributed by atoms with E-state index in [2.05, 4.69) is 15.3 Å². The number of methoxy groups -OCH3 is 2. The lowest BCUT2D eigenvalue weighted by molar-refractivity contribution is -0.120. The molecule has 0 aliphatic rings. The molecule has 7 nitrogen and oxygen atoms in total. The van der Waals surface area contributed by atoms with E-state index in [1.54, 1.807) is 32.4 Å². The summed E-state index contributed by atoms with van der Waals surface area (Å²) in [7, 11) is 3.10. The minimum atomic E-state index is -0.139. The van der Waals surface area contributed by atoms with E-state index < -0.39 is 0 Å². The molecule has 0 atom stereocenters. The van der Waals surface area contributed by atoms with Crippen molar-refractivity contribution in [2.75, 3.05) is 27.3 Å². The first-order chi connectivity index (χ1) is 9.21. The van der Waals surface area contributed by atoms with Gasteiger partial charge in [-0.05, 0) is 23.2 Å². The van der Waals surface area contributed by atoms with Gasteiger partial charge in [-0.1, -0.05) is 11.2 Å². The maximum atomic E-state index is 11.6. The van der Waals surface area contributed by atoms with Gasteiger partial charge in [0.2, 0.25) is 5.91 Å². The molecule has 0 radical (unpaired) electrons. The van der Waals surface area contributed by atoms with Gasteiger partial charge in [0.25, 0.3) is 0 Å². The average molecular weight is 264 g/mol. The second-order valence-corrected chi connectivity index (χ2v) is 3.67. The van der Waals surface area contributed by atoms with Crippen molar-refractivity contribution in [1.29, 1.82) is 0 Å². The molecule has 1 aromatic rings. The molecule has 0 heterocycles. The Morgan fingerprint density at radius 2 is 2.11 bits per heavy atom. The molecular weight excluding hydrogens is 248 g/mol. The number of amides is 1. The van der Waals surface area contributed by atoms with Crippen LogP contribution in [0, 0.1) is 0 Å². The summed E-state index contributed by atoms with van der Waals surface area (Å²) in [5.41, 5.74) is 8.91. The molecule has 0 aliphatic carbocycles. The Bertz CT molecular complexity index is 484. The van der Waals surface area contributed by atoms with Crippen molar-refractivity contribution < 1.29 is 14.3 Å². The first-order valence-corrected chi connectivity index (χ1v) is 5.69. The molecular formula is C12H16N4O3. The normalized spacial score (nSPS) is 9.37. The van der Waals surface area contributed by atoms with E-state index in [-0.39, 0.29) is 18.9 Å². The van der Waals surface area contributed by atoms with Gasteiger partial charge in [-0.2, -0.15) is 0 Å². The lowest BCUT2D eigenvalue weighted by Crippen LogP contribution is -2.27. The van der Waals surface area contributed by atoms with Crippen molar-refractivity contribution in [3.05, 3.63) is 34.2 Å². The van der Waals surface area contributed by atoms with E-state index in [0.29, 0.717) is 18.0 Å².